The maximum Gasteiger partial charge on any atom is 0.361 e. The molecule has 0 amide bonds. The lowest BCUT2D eigenvalue weighted by Gasteiger charge is -2.08. The fourth-order valence-corrected chi connectivity index (χ4v) is 2.10. The van der Waals surface area contributed by atoms with Gasteiger partial charge in [-0.05, 0) is 25.5 Å². The van der Waals surface area contributed by atoms with Crippen LogP contribution in [0.3, 0.4) is 0 Å². The van der Waals surface area contributed by atoms with Gasteiger partial charge in [0, 0.05) is 11.6 Å². The molecule has 0 spiro atoms. The van der Waals surface area contributed by atoms with Crippen LogP contribution in [0.15, 0.2) is 18.2 Å². The summed E-state index contributed by atoms with van der Waals surface area (Å²) in [5.74, 6) is -0.675. The Hall–Kier alpha value is -2.44. The molecule has 0 saturated heterocycles. The molecule has 2 aromatic rings. The summed E-state index contributed by atoms with van der Waals surface area (Å²) in [4.78, 5) is 11.8. The molecule has 1 aromatic carbocycles. The number of H-pyrrole nitrogens is 1. The fourth-order valence-electron chi connectivity index (χ4n) is 2.10. The number of carbonyl (C=O) groups excluding carboxylic acids is 1. The molecular weight excluding hydrogens is 301 g/mol. The van der Waals surface area contributed by atoms with Gasteiger partial charge in [0.1, 0.15) is 17.3 Å². The minimum atomic E-state index is -0.606. The molecule has 0 aliphatic rings. The van der Waals surface area contributed by atoms with Crippen LogP contribution in [-0.2, 0) is 4.74 Å². The Balaban J connectivity index is 2.21. The van der Waals surface area contributed by atoms with E-state index in [1.165, 1.54) is 12.1 Å². The fraction of sp³-hybridized carbons (Fsp3) is 0.438. The Morgan fingerprint density at radius 3 is 2.78 bits per heavy atom. The van der Waals surface area contributed by atoms with E-state index in [-0.39, 0.29) is 18.0 Å². The molecule has 0 saturated carbocycles. The van der Waals surface area contributed by atoms with Crippen LogP contribution in [0.1, 0.15) is 43.6 Å². The van der Waals surface area contributed by atoms with Gasteiger partial charge in [-0.15, -0.1) is 5.10 Å². The van der Waals surface area contributed by atoms with Crippen molar-refractivity contribution in [3.63, 3.8) is 0 Å². The maximum absolute atomic E-state index is 13.8. The highest BCUT2D eigenvalue weighted by Crippen LogP contribution is 2.26. The van der Waals surface area contributed by atoms with Crippen LogP contribution < -0.4 is 4.74 Å². The van der Waals surface area contributed by atoms with E-state index >= 15 is 0 Å². The summed E-state index contributed by atoms with van der Waals surface area (Å²) in [6, 6.07) is 4.22. The monoisotopic (exact) mass is 321 g/mol. The number of esters is 1. The molecule has 0 radical (unpaired) electrons. The predicted octanol–water partition coefficient (Wildman–Crippen LogP) is 3.36. The van der Waals surface area contributed by atoms with Crippen molar-refractivity contribution in [1.82, 2.24) is 15.4 Å². The van der Waals surface area contributed by atoms with E-state index in [2.05, 4.69) is 22.3 Å². The van der Waals surface area contributed by atoms with Crippen molar-refractivity contribution in [2.24, 2.45) is 0 Å². The van der Waals surface area contributed by atoms with Gasteiger partial charge in [0.15, 0.2) is 5.69 Å². The molecule has 0 bridgehead atoms. The predicted molar refractivity (Wildman–Crippen MR) is 82.8 cm³/mol. The Morgan fingerprint density at radius 1 is 1.22 bits per heavy atom. The van der Waals surface area contributed by atoms with Gasteiger partial charge in [-0.25, -0.2) is 9.18 Å². The van der Waals surface area contributed by atoms with Gasteiger partial charge in [0.25, 0.3) is 0 Å². The van der Waals surface area contributed by atoms with Crippen molar-refractivity contribution in [1.29, 1.82) is 0 Å². The highest BCUT2D eigenvalue weighted by molar-refractivity contribution is 5.93. The summed E-state index contributed by atoms with van der Waals surface area (Å²) in [6.45, 7) is 4.53. The van der Waals surface area contributed by atoms with Crippen molar-refractivity contribution < 1.29 is 18.7 Å². The zero-order valence-electron chi connectivity index (χ0n) is 13.3. The second kappa shape index (κ2) is 8.26. The third-order valence-electron chi connectivity index (χ3n) is 3.18. The van der Waals surface area contributed by atoms with Gasteiger partial charge >= 0.3 is 5.97 Å². The van der Waals surface area contributed by atoms with E-state index in [4.69, 9.17) is 9.47 Å². The van der Waals surface area contributed by atoms with Crippen LogP contribution in [0.5, 0.6) is 5.75 Å². The summed E-state index contributed by atoms with van der Waals surface area (Å²) in [5, 5.41) is 10.1. The summed E-state index contributed by atoms with van der Waals surface area (Å²) in [6.07, 6.45) is 3.04. The van der Waals surface area contributed by atoms with Crippen molar-refractivity contribution in [2.75, 3.05) is 13.2 Å². The van der Waals surface area contributed by atoms with Crippen LogP contribution in [0.25, 0.3) is 11.3 Å². The first kappa shape index (κ1) is 16.9. The van der Waals surface area contributed by atoms with Gasteiger partial charge in [-0.3, -0.25) is 0 Å². The largest absolute Gasteiger partial charge is 0.493 e. The number of nitrogens with zero attached hydrogens (tertiary/aromatic N) is 2. The lowest BCUT2D eigenvalue weighted by molar-refractivity contribution is 0.0520. The van der Waals surface area contributed by atoms with Gasteiger partial charge in [0.05, 0.1) is 13.2 Å². The molecule has 2 rings (SSSR count). The zero-order chi connectivity index (χ0) is 16.7. The first-order chi connectivity index (χ1) is 11.2. The Bertz CT molecular complexity index is 658. The molecular formula is C16H20FN3O3. The van der Waals surface area contributed by atoms with Gasteiger partial charge < -0.3 is 9.47 Å². The number of benzene rings is 1. The first-order valence-corrected chi connectivity index (χ1v) is 7.67. The topological polar surface area (TPSA) is 77.1 Å². The molecule has 124 valence electrons. The van der Waals surface area contributed by atoms with Crippen LogP contribution >= 0.6 is 0 Å². The Kier molecular flexibility index (Phi) is 6.08. The van der Waals surface area contributed by atoms with Crippen LogP contribution in [0, 0.1) is 5.82 Å². The number of hydrogen-bond acceptors (Lipinski definition) is 5. The molecule has 1 N–H and O–H groups in total. The maximum atomic E-state index is 13.8. The number of aromatic amines is 1. The molecule has 0 aliphatic heterocycles. The number of hydrogen-bond donors (Lipinski definition) is 1. The number of carbonyl (C=O) groups is 1. The third-order valence-corrected chi connectivity index (χ3v) is 3.18. The SMILES string of the molecule is CCCCCOc1cc(F)cc(-c2n[nH]nc2C(=O)OCC)c1. The summed E-state index contributed by atoms with van der Waals surface area (Å²) in [7, 11) is 0. The van der Waals surface area contributed by atoms with E-state index in [0.29, 0.717) is 17.9 Å². The standard InChI is InChI=1S/C16H20FN3O3/c1-3-5-6-7-23-13-9-11(8-12(17)10-13)14-15(19-20-18-14)16(21)22-4-2/h8-10H,3-7H2,1-2H3,(H,18,19,20). The summed E-state index contributed by atoms with van der Waals surface area (Å²) < 4.78 is 24.3. The number of unbranched alkanes of at least 4 members (excludes halogenated alkanes) is 2. The molecule has 6 nitrogen and oxygen atoms in total. The molecule has 0 aliphatic carbocycles. The number of nitrogens with one attached hydrogen (secondary N) is 1. The van der Waals surface area contributed by atoms with E-state index in [1.807, 2.05) is 0 Å². The highest BCUT2D eigenvalue weighted by atomic mass is 19.1. The number of ether oxygens (including phenoxy) is 2. The molecule has 7 heteroatoms. The lowest BCUT2D eigenvalue weighted by atomic mass is 10.1. The highest BCUT2D eigenvalue weighted by Gasteiger charge is 2.20. The molecule has 23 heavy (non-hydrogen) atoms. The van der Waals surface area contributed by atoms with E-state index in [9.17, 15) is 9.18 Å². The smallest absolute Gasteiger partial charge is 0.361 e. The zero-order valence-corrected chi connectivity index (χ0v) is 13.3. The van der Waals surface area contributed by atoms with Crippen molar-refractivity contribution in [2.45, 2.75) is 33.1 Å². The van der Waals surface area contributed by atoms with E-state index in [0.717, 1.165) is 19.3 Å². The molecule has 0 unspecified atom stereocenters. The van der Waals surface area contributed by atoms with Crippen molar-refractivity contribution in [3.8, 4) is 17.0 Å². The number of aromatic nitrogens is 3. The molecule has 0 atom stereocenters. The van der Waals surface area contributed by atoms with Crippen LogP contribution in [0.4, 0.5) is 4.39 Å². The quantitative estimate of drug-likeness (QED) is 0.596. The van der Waals surface area contributed by atoms with Crippen LogP contribution in [0.2, 0.25) is 0 Å². The molecule has 1 aromatic heterocycles. The van der Waals surface area contributed by atoms with E-state index in [1.54, 1.807) is 13.0 Å². The second-order valence-electron chi connectivity index (χ2n) is 4.97. The number of halogens is 1. The third kappa shape index (κ3) is 4.51. The molecule has 0 fully saturated rings. The Morgan fingerprint density at radius 2 is 2.04 bits per heavy atom. The van der Waals surface area contributed by atoms with Crippen molar-refractivity contribution in [3.05, 3.63) is 29.7 Å². The second-order valence-corrected chi connectivity index (χ2v) is 4.97. The minimum absolute atomic E-state index is 0.0226. The molecule has 1 heterocycles. The lowest BCUT2D eigenvalue weighted by Crippen LogP contribution is -2.07. The van der Waals surface area contributed by atoms with Gasteiger partial charge in [0.2, 0.25) is 0 Å². The van der Waals surface area contributed by atoms with E-state index < -0.39 is 11.8 Å². The summed E-state index contributed by atoms with van der Waals surface area (Å²) >= 11 is 0. The van der Waals surface area contributed by atoms with Gasteiger partial charge in [-0.2, -0.15) is 10.3 Å². The Labute approximate surface area is 134 Å². The van der Waals surface area contributed by atoms with Crippen molar-refractivity contribution >= 4 is 5.97 Å². The average Bonchev–Trinajstić information content (AvgIpc) is 3.01. The minimum Gasteiger partial charge on any atom is -0.493 e. The van der Waals surface area contributed by atoms with Crippen LogP contribution in [-0.4, -0.2) is 34.6 Å². The van der Waals surface area contributed by atoms with Gasteiger partial charge in [-0.1, -0.05) is 19.8 Å². The normalized spacial score (nSPS) is 10.6. The first-order valence-electron chi connectivity index (χ1n) is 7.67. The summed E-state index contributed by atoms with van der Waals surface area (Å²) in [5.41, 5.74) is 0.669. The average molecular weight is 321 g/mol. The number of rotatable bonds is 8.